The quantitative estimate of drug-likeness (QED) is 0.366. The highest BCUT2D eigenvalue weighted by atomic mass is 16.5. The highest BCUT2D eigenvalue weighted by molar-refractivity contribution is 5.94. The average Bonchev–Trinajstić information content (AvgIpc) is 2.75. The fourth-order valence-electron chi connectivity index (χ4n) is 2.95. The summed E-state index contributed by atoms with van der Waals surface area (Å²) in [6, 6.07) is 14.5. The second-order valence-electron chi connectivity index (χ2n) is 7.14. The third kappa shape index (κ3) is 8.13. The van der Waals surface area contributed by atoms with Crippen LogP contribution in [0, 0.1) is 0 Å². The number of nitrogens with two attached hydrogens (primary N) is 2. The predicted octanol–water partition coefficient (Wildman–Crippen LogP) is 2.56. The largest absolute Gasteiger partial charge is 0.494 e. The number of nitrogen functional groups attached to an aromatic ring is 1. The number of carbonyl (C=O) groups is 2. The molecule has 0 radical (unpaired) electrons. The van der Waals surface area contributed by atoms with Gasteiger partial charge in [0.1, 0.15) is 5.75 Å². The second-order valence-corrected chi connectivity index (χ2v) is 7.14. The van der Waals surface area contributed by atoms with E-state index in [1.807, 2.05) is 29.2 Å². The van der Waals surface area contributed by atoms with Crippen molar-refractivity contribution in [2.45, 2.75) is 32.7 Å². The number of hydrogen-bond donors (Lipinski definition) is 3. The highest BCUT2D eigenvalue weighted by Crippen LogP contribution is 2.12. The standard InChI is InChI=1S/C23H32N4O3/c1-18(28)27(14-2-3-16-30-22-11-5-19(17-24)6-12-22)15-4-13-26-23(29)20-7-9-21(25)10-8-20/h5-12H,2-4,13-17,24-25H2,1H3,(H,26,29). The van der Waals surface area contributed by atoms with Crippen molar-refractivity contribution < 1.29 is 14.3 Å². The normalized spacial score (nSPS) is 10.5. The molecule has 7 nitrogen and oxygen atoms in total. The summed E-state index contributed by atoms with van der Waals surface area (Å²) in [7, 11) is 0. The fourth-order valence-corrected chi connectivity index (χ4v) is 2.95. The zero-order chi connectivity index (χ0) is 21.8. The average molecular weight is 413 g/mol. The van der Waals surface area contributed by atoms with E-state index >= 15 is 0 Å². The number of rotatable bonds is 12. The Kier molecular flexibility index (Phi) is 9.67. The van der Waals surface area contributed by atoms with E-state index in [0.717, 1.165) is 24.2 Å². The maximum atomic E-state index is 12.1. The van der Waals surface area contributed by atoms with Crippen LogP contribution in [0.2, 0.25) is 0 Å². The van der Waals surface area contributed by atoms with Crippen LogP contribution in [0.15, 0.2) is 48.5 Å². The number of hydrogen-bond acceptors (Lipinski definition) is 5. The van der Waals surface area contributed by atoms with E-state index in [4.69, 9.17) is 16.2 Å². The van der Waals surface area contributed by atoms with Crippen molar-refractivity contribution in [2.75, 3.05) is 32.0 Å². The third-order valence-corrected chi connectivity index (χ3v) is 4.76. The van der Waals surface area contributed by atoms with Gasteiger partial charge in [0.05, 0.1) is 6.61 Å². The Bertz CT molecular complexity index is 791. The van der Waals surface area contributed by atoms with Crippen LogP contribution in [0.3, 0.4) is 0 Å². The monoisotopic (exact) mass is 412 g/mol. The molecule has 2 aromatic rings. The lowest BCUT2D eigenvalue weighted by atomic mass is 10.2. The Hall–Kier alpha value is -3.06. The minimum atomic E-state index is -0.138. The van der Waals surface area contributed by atoms with Gasteiger partial charge < -0.3 is 26.4 Å². The number of unbranched alkanes of at least 4 members (excludes halogenated alkanes) is 1. The molecule has 0 bridgehead atoms. The minimum absolute atomic E-state index is 0.0400. The summed E-state index contributed by atoms with van der Waals surface area (Å²) < 4.78 is 5.72. The molecule has 30 heavy (non-hydrogen) atoms. The number of carbonyl (C=O) groups excluding carboxylic acids is 2. The van der Waals surface area contributed by atoms with Crippen molar-refractivity contribution in [1.29, 1.82) is 0 Å². The lowest BCUT2D eigenvalue weighted by molar-refractivity contribution is -0.129. The van der Waals surface area contributed by atoms with E-state index in [9.17, 15) is 9.59 Å². The Balaban J connectivity index is 1.61. The van der Waals surface area contributed by atoms with Gasteiger partial charge in [0, 0.05) is 44.4 Å². The van der Waals surface area contributed by atoms with Gasteiger partial charge in [0.15, 0.2) is 0 Å². The second kappa shape index (κ2) is 12.5. The molecule has 0 saturated heterocycles. The molecule has 0 spiro atoms. The van der Waals surface area contributed by atoms with Crippen molar-refractivity contribution in [3.05, 3.63) is 59.7 Å². The first-order chi connectivity index (χ1) is 14.5. The molecule has 0 aliphatic carbocycles. The maximum absolute atomic E-state index is 12.1. The summed E-state index contributed by atoms with van der Waals surface area (Å²) in [5.74, 6) is 0.728. The molecule has 2 aromatic carbocycles. The number of anilines is 1. The Morgan fingerprint density at radius 2 is 1.63 bits per heavy atom. The molecule has 0 saturated carbocycles. The van der Waals surface area contributed by atoms with E-state index in [1.54, 1.807) is 31.2 Å². The van der Waals surface area contributed by atoms with E-state index in [0.29, 0.717) is 50.5 Å². The van der Waals surface area contributed by atoms with Gasteiger partial charge in [-0.05, 0) is 61.2 Å². The van der Waals surface area contributed by atoms with Gasteiger partial charge in [-0.15, -0.1) is 0 Å². The molecule has 0 atom stereocenters. The van der Waals surface area contributed by atoms with E-state index in [-0.39, 0.29) is 11.8 Å². The topological polar surface area (TPSA) is 111 Å². The molecule has 0 aliphatic heterocycles. The Labute approximate surface area is 178 Å². The molecule has 0 aliphatic rings. The minimum Gasteiger partial charge on any atom is -0.494 e. The highest BCUT2D eigenvalue weighted by Gasteiger charge is 2.09. The fraction of sp³-hybridized carbons (Fsp3) is 0.391. The lowest BCUT2D eigenvalue weighted by Gasteiger charge is -2.21. The summed E-state index contributed by atoms with van der Waals surface area (Å²) >= 11 is 0. The number of ether oxygens (including phenoxy) is 1. The van der Waals surface area contributed by atoms with Crippen molar-refractivity contribution in [3.63, 3.8) is 0 Å². The van der Waals surface area contributed by atoms with Crippen LogP contribution in [-0.2, 0) is 11.3 Å². The van der Waals surface area contributed by atoms with Crippen LogP contribution in [0.5, 0.6) is 5.75 Å². The summed E-state index contributed by atoms with van der Waals surface area (Å²) in [5, 5.41) is 2.87. The van der Waals surface area contributed by atoms with Crippen LogP contribution < -0.4 is 21.5 Å². The maximum Gasteiger partial charge on any atom is 0.251 e. The molecule has 0 fully saturated rings. The van der Waals surface area contributed by atoms with Gasteiger partial charge in [-0.25, -0.2) is 0 Å². The van der Waals surface area contributed by atoms with Gasteiger partial charge in [0.25, 0.3) is 5.91 Å². The van der Waals surface area contributed by atoms with Crippen LogP contribution >= 0.6 is 0 Å². The predicted molar refractivity (Wildman–Crippen MR) is 119 cm³/mol. The summed E-state index contributed by atoms with van der Waals surface area (Å²) in [6.45, 7) is 4.49. The molecule has 5 N–H and O–H groups in total. The SMILES string of the molecule is CC(=O)N(CCCCOc1ccc(CN)cc1)CCCNC(=O)c1ccc(N)cc1. The van der Waals surface area contributed by atoms with Gasteiger partial charge in [-0.1, -0.05) is 12.1 Å². The first-order valence-electron chi connectivity index (χ1n) is 10.3. The lowest BCUT2D eigenvalue weighted by Crippen LogP contribution is -2.33. The Morgan fingerprint density at radius 1 is 0.967 bits per heavy atom. The van der Waals surface area contributed by atoms with Crippen LogP contribution in [0.1, 0.15) is 42.1 Å². The first-order valence-corrected chi connectivity index (χ1v) is 10.3. The number of amides is 2. The van der Waals surface area contributed by atoms with Gasteiger partial charge in [-0.3, -0.25) is 9.59 Å². The van der Waals surface area contributed by atoms with Gasteiger partial charge >= 0.3 is 0 Å². The molecular weight excluding hydrogens is 380 g/mol. The first kappa shape index (κ1) is 23.2. The van der Waals surface area contributed by atoms with Crippen LogP contribution in [-0.4, -0.2) is 43.0 Å². The Morgan fingerprint density at radius 3 is 2.27 bits per heavy atom. The summed E-state index contributed by atoms with van der Waals surface area (Å²) in [5.41, 5.74) is 13.5. The van der Waals surface area contributed by atoms with E-state index in [1.165, 1.54) is 0 Å². The molecule has 0 aromatic heterocycles. The number of benzene rings is 2. The smallest absolute Gasteiger partial charge is 0.251 e. The molecule has 0 unspecified atom stereocenters. The van der Waals surface area contributed by atoms with Crippen LogP contribution in [0.4, 0.5) is 5.69 Å². The van der Waals surface area contributed by atoms with Crippen LogP contribution in [0.25, 0.3) is 0 Å². The van der Waals surface area contributed by atoms with E-state index < -0.39 is 0 Å². The van der Waals surface area contributed by atoms with Gasteiger partial charge in [0.2, 0.25) is 5.91 Å². The molecule has 162 valence electrons. The summed E-state index contributed by atoms with van der Waals surface area (Å²) in [6.07, 6.45) is 2.42. The van der Waals surface area contributed by atoms with Crippen molar-refractivity contribution in [2.24, 2.45) is 5.73 Å². The van der Waals surface area contributed by atoms with Crippen molar-refractivity contribution in [3.8, 4) is 5.75 Å². The number of nitrogens with one attached hydrogen (secondary N) is 1. The number of nitrogens with zero attached hydrogens (tertiary/aromatic N) is 1. The molecular formula is C23H32N4O3. The molecule has 2 amide bonds. The van der Waals surface area contributed by atoms with Crippen molar-refractivity contribution in [1.82, 2.24) is 10.2 Å². The van der Waals surface area contributed by atoms with Crippen molar-refractivity contribution >= 4 is 17.5 Å². The zero-order valence-electron chi connectivity index (χ0n) is 17.6. The van der Waals surface area contributed by atoms with E-state index in [2.05, 4.69) is 5.32 Å². The molecule has 0 heterocycles. The molecule has 2 rings (SSSR count). The zero-order valence-corrected chi connectivity index (χ0v) is 17.6. The molecule has 7 heteroatoms. The van der Waals surface area contributed by atoms with Gasteiger partial charge in [-0.2, -0.15) is 0 Å². The summed E-state index contributed by atoms with van der Waals surface area (Å²) in [4.78, 5) is 25.7. The third-order valence-electron chi connectivity index (χ3n) is 4.76.